The molecule has 2 aromatic heterocycles. The van der Waals surface area contributed by atoms with Gasteiger partial charge in [-0.15, -0.1) is 24.8 Å². The van der Waals surface area contributed by atoms with Gasteiger partial charge >= 0.3 is 5.97 Å². The summed E-state index contributed by atoms with van der Waals surface area (Å²) in [6, 6.07) is 9.35. The van der Waals surface area contributed by atoms with Crippen molar-refractivity contribution in [3.05, 3.63) is 58.3 Å². The molecule has 3 aliphatic rings. The minimum absolute atomic E-state index is 0. The van der Waals surface area contributed by atoms with Gasteiger partial charge in [-0.1, -0.05) is 23.2 Å². The molecule has 3 aliphatic heterocycles. The van der Waals surface area contributed by atoms with Crippen LogP contribution >= 0.6 is 48.0 Å². The van der Waals surface area contributed by atoms with E-state index >= 15 is 0 Å². The van der Waals surface area contributed by atoms with E-state index in [1.807, 2.05) is 24.3 Å². The number of benzene rings is 1. The van der Waals surface area contributed by atoms with E-state index in [4.69, 9.17) is 38.0 Å². The lowest BCUT2D eigenvalue weighted by molar-refractivity contribution is -0.138. The van der Waals surface area contributed by atoms with Crippen LogP contribution in [0.2, 0.25) is 10.0 Å². The molecule has 0 saturated carbocycles. The number of rotatable bonds is 8. The molecular formula is C32H40Cl4N6O3. The van der Waals surface area contributed by atoms with Crippen LogP contribution in [-0.2, 0) is 11.3 Å². The lowest BCUT2D eigenvalue weighted by atomic mass is 9.87. The Labute approximate surface area is 287 Å². The molecule has 0 radical (unpaired) electrons. The molecule has 1 N–H and O–H groups in total. The van der Waals surface area contributed by atoms with Gasteiger partial charge in [-0.25, -0.2) is 15.0 Å². The number of ether oxygens (including phenoxy) is 1. The zero-order valence-electron chi connectivity index (χ0n) is 25.3. The highest BCUT2D eigenvalue weighted by Gasteiger charge is 2.42. The van der Waals surface area contributed by atoms with Gasteiger partial charge in [-0.05, 0) is 101 Å². The molecule has 0 aliphatic carbocycles. The Morgan fingerprint density at radius 2 is 1.64 bits per heavy atom. The van der Waals surface area contributed by atoms with Gasteiger partial charge in [0.25, 0.3) is 0 Å². The van der Waals surface area contributed by atoms with E-state index in [9.17, 15) is 4.79 Å². The number of carbonyl (C=O) groups is 1. The van der Waals surface area contributed by atoms with Gasteiger partial charge in [-0.3, -0.25) is 14.6 Å². The average Bonchev–Trinajstić information content (AvgIpc) is 3.32. The van der Waals surface area contributed by atoms with E-state index in [-0.39, 0.29) is 42.7 Å². The molecule has 1 unspecified atom stereocenters. The zero-order chi connectivity index (χ0) is 30.0. The number of aliphatic carboxylic acids is 1. The average molecular weight is 699 g/mol. The van der Waals surface area contributed by atoms with Crippen LogP contribution in [0.15, 0.2) is 42.7 Å². The SMILES string of the molecule is CN1CCCC12CCCN(c1ncc(Oc3cc(CN4CCC(CC(=O)O)CC4)cc(-c4cc(Cl)cc(Cl)c4)n3)cn1)C2.Cl.Cl. The second kappa shape index (κ2) is 15.5. The van der Waals surface area contributed by atoms with E-state index < -0.39 is 5.97 Å². The molecule has 45 heavy (non-hydrogen) atoms. The summed E-state index contributed by atoms with van der Waals surface area (Å²) in [7, 11) is 2.24. The largest absolute Gasteiger partial charge is 0.481 e. The molecule has 13 heteroatoms. The number of hydrogen-bond acceptors (Lipinski definition) is 8. The molecule has 0 amide bonds. The van der Waals surface area contributed by atoms with Crippen LogP contribution in [0.1, 0.15) is 50.5 Å². The first kappa shape index (κ1) is 35.5. The van der Waals surface area contributed by atoms with Crippen molar-refractivity contribution >= 4 is 59.9 Å². The molecule has 3 fully saturated rings. The zero-order valence-corrected chi connectivity index (χ0v) is 28.5. The monoisotopic (exact) mass is 696 g/mol. The maximum Gasteiger partial charge on any atom is 0.303 e. The third-order valence-electron chi connectivity index (χ3n) is 9.22. The summed E-state index contributed by atoms with van der Waals surface area (Å²) in [5.41, 5.74) is 2.76. The van der Waals surface area contributed by atoms with Crippen molar-refractivity contribution in [2.75, 3.05) is 44.7 Å². The molecule has 3 aromatic rings. The molecule has 6 rings (SSSR count). The second-order valence-corrected chi connectivity index (χ2v) is 13.1. The molecule has 5 heterocycles. The van der Waals surface area contributed by atoms with Gasteiger partial charge in [0.1, 0.15) is 0 Å². The van der Waals surface area contributed by atoms with Crippen LogP contribution < -0.4 is 9.64 Å². The van der Waals surface area contributed by atoms with Crippen molar-refractivity contribution < 1.29 is 14.6 Å². The van der Waals surface area contributed by atoms with Gasteiger partial charge in [0.2, 0.25) is 11.8 Å². The van der Waals surface area contributed by atoms with Gasteiger partial charge in [0, 0.05) is 53.3 Å². The summed E-state index contributed by atoms with van der Waals surface area (Å²) in [6.07, 6.45) is 10.3. The fraction of sp³-hybridized carbons (Fsp3) is 0.500. The first-order valence-electron chi connectivity index (χ1n) is 15.1. The fourth-order valence-corrected chi connectivity index (χ4v) is 7.45. The van der Waals surface area contributed by atoms with Crippen LogP contribution in [0.4, 0.5) is 5.95 Å². The van der Waals surface area contributed by atoms with Crippen molar-refractivity contribution in [1.82, 2.24) is 24.8 Å². The predicted octanol–water partition coefficient (Wildman–Crippen LogP) is 7.23. The Balaban J connectivity index is 0.00000230. The minimum Gasteiger partial charge on any atom is -0.481 e. The fourth-order valence-electron chi connectivity index (χ4n) is 6.92. The summed E-state index contributed by atoms with van der Waals surface area (Å²) in [4.78, 5) is 32.5. The molecule has 244 valence electrons. The number of carboxylic acid groups (broad SMARTS) is 1. The number of nitrogens with zero attached hydrogens (tertiary/aromatic N) is 6. The molecule has 1 atom stereocenters. The number of pyridine rings is 1. The van der Waals surface area contributed by atoms with Crippen LogP contribution in [0.3, 0.4) is 0 Å². The van der Waals surface area contributed by atoms with Crippen molar-refractivity contribution in [3.63, 3.8) is 0 Å². The van der Waals surface area contributed by atoms with Crippen LogP contribution in [0, 0.1) is 5.92 Å². The summed E-state index contributed by atoms with van der Waals surface area (Å²) >= 11 is 12.6. The molecule has 9 nitrogen and oxygen atoms in total. The molecule has 3 saturated heterocycles. The van der Waals surface area contributed by atoms with Crippen LogP contribution in [0.5, 0.6) is 11.6 Å². The smallest absolute Gasteiger partial charge is 0.303 e. The van der Waals surface area contributed by atoms with Crippen molar-refractivity contribution in [2.45, 2.75) is 57.0 Å². The lowest BCUT2D eigenvalue weighted by Gasteiger charge is -2.44. The van der Waals surface area contributed by atoms with Crippen molar-refractivity contribution in [1.29, 1.82) is 0 Å². The van der Waals surface area contributed by atoms with Crippen LogP contribution in [-0.4, -0.2) is 81.1 Å². The Bertz CT molecular complexity index is 1440. The number of likely N-dealkylation sites (tertiary alicyclic amines) is 2. The summed E-state index contributed by atoms with van der Waals surface area (Å²) < 4.78 is 6.23. The Morgan fingerprint density at radius 1 is 0.978 bits per heavy atom. The van der Waals surface area contributed by atoms with Crippen molar-refractivity contribution in [2.24, 2.45) is 5.92 Å². The Morgan fingerprint density at radius 3 is 2.29 bits per heavy atom. The first-order chi connectivity index (χ1) is 20.7. The number of piperidine rings is 2. The van der Waals surface area contributed by atoms with Gasteiger partial charge in [-0.2, -0.15) is 0 Å². The third kappa shape index (κ3) is 8.70. The molecular weight excluding hydrogens is 658 g/mol. The van der Waals surface area contributed by atoms with Crippen molar-refractivity contribution in [3.8, 4) is 22.9 Å². The first-order valence-corrected chi connectivity index (χ1v) is 15.9. The highest BCUT2D eigenvalue weighted by atomic mass is 35.5. The maximum atomic E-state index is 11.1. The Kier molecular flexibility index (Phi) is 12.2. The number of likely N-dealkylation sites (N-methyl/N-ethyl adjacent to an activating group) is 1. The standard InChI is InChI=1S/C32H38Cl2N6O3.2ClH/c1-38-8-2-6-32(38)7-3-9-40(21-32)31-35-18-27(19-36-31)43-29-13-23(20-39-10-4-22(5-11-39)14-30(41)42)12-28(37-29)24-15-25(33)17-26(34)16-24;;/h12-13,15-19,22H,2-11,14,20-21H2,1H3,(H,41,42);2*1H. The quantitative estimate of drug-likeness (QED) is 0.262. The van der Waals surface area contributed by atoms with Gasteiger partial charge in [0.05, 0.1) is 18.1 Å². The topological polar surface area (TPSA) is 94.9 Å². The highest BCUT2D eigenvalue weighted by molar-refractivity contribution is 6.35. The number of hydrogen-bond donors (Lipinski definition) is 1. The third-order valence-corrected chi connectivity index (χ3v) is 9.65. The summed E-state index contributed by atoms with van der Waals surface area (Å²) in [5, 5.41) is 10.2. The highest BCUT2D eigenvalue weighted by Crippen LogP contribution is 2.37. The number of carboxylic acids is 1. The van der Waals surface area contributed by atoms with E-state index in [1.54, 1.807) is 18.5 Å². The second-order valence-electron chi connectivity index (χ2n) is 12.3. The molecule has 1 spiro atoms. The maximum absolute atomic E-state index is 11.1. The number of aromatic nitrogens is 3. The summed E-state index contributed by atoms with van der Waals surface area (Å²) in [5.74, 6) is 1.19. The Hall–Kier alpha value is -2.40. The molecule has 0 bridgehead atoms. The normalized spacial score (nSPS) is 20.9. The predicted molar refractivity (Wildman–Crippen MR) is 183 cm³/mol. The van der Waals surface area contributed by atoms with Gasteiger partial charge < -0.3 is 14.7 Å². The van der Waals surface area contributed by atoms with Gasteiger partial charge in [0.15, 0.2) is 5.75 Å². The van der Waals surface area contributed by atoms with E-state index in [0.29, 0.717) is 33.9 Å². The van der Waals surface area contributed by atoms with Crippen LogP contribution in [0.25, 0.3) is 11.3 Å². The molecule has 1 aromatic carbocycles. The number of anilines is 1. The number of halogens is 4. The summed E-state index contributed by atoms with van der Waals surface area (Å²) in [6.45, 7) is 5.45. The minimum atomic E-state index is -0.725. The van der Waals surface area contributed by atoms with E-state index in [0.717, 1.165) is 69.1 Å². The van der Waals surface area contributed by atoms with E-state index in [2.05, 4.69) is 31.7 Å². The van der Waals surface area contributed by atoms with E-state index in [1.165, 1.54) is 19.3 Å². The lowest BCUT2D eigenvalue weighted by Crippen LogP contribution is -2.54.